The van der Waals surface area contributed by atoms with E-state index in [9.17, 15) is 19.2 Å². The zero-order chi connectivity index (χ0) is 45.7. The maximum atomic E-state index is 12.2. The largest absolute Gasteiger partial charge is 0.498 e. The predicted octanol–water partition coefficient (Wildman–Crippen LogP) is 12.4. The first-order valence-corrected chi connectivity index (χ1v) is 25.3. The zero-order valence-corrected chi connectivity index (χ0v) is 40.9. The molecule has 0 aromatic carbocycles. The molecule has 2 atom stereocenters. The first-order chi connectivity index (χ1) is 30.1. The summed E-state index contributed by atoms with van der Waals surface area (Å²) in [6.45, 7) is 12.1. The third-order valence-electron chi connectivity index (χ3n) is 10.8. The summed E-state index contributed by atoms with van der Waals surface area (Å²) in [6.07, 6.45) is 30.8. The molecule has 0 amide bonds. The molecule has 62 heavy (non-hydrogen) atoms. The quantitative estimate of drug-likeness (QED) is 0.0251. The van der Waals surface area contributed by atoms with Gasteiger partial charge >= 0.3 is 23.9 Å². The van der Waals surface area contributed by atoms with Gasteiger partial charge in [-0.3, -0.25) is 19.2 Å². The lowest BCUT2D eigenvalue weighted by molar-refractivity contribution is -0.145. The number of nitrogens with zero attached hydrogens (tertiary/aromatic N) is 1. The normalized spacial score (nSPS) is 12.6. The van der Waals surface area contributed by atoms with Crippen LogP contribution in [0.1, 0.15) is 220 Å². The highest BCUT2D eigenvalue weighted by molar-refractivity contribution is 5.70. The topological polar surface area (TPSA) is 127 Å². The van der Waals surface area contributed by atoms with E-state index in [1.807, 2.05) is 6.92 Å². The number of hydrogen-bond donors (Lipinski definition) is 0. The molecule has 0 N–H and O–H groups in total. The zero-order valence-electron chi connectivity index (χ0n) is 40.9. The second-order valence-electron chi connectivity index (χ2n) is 17.6. The van der Waals surface area contributed by atoms with Gasteiger partial charge in [-0.25, -0.2) is 0 Å². The first-order valence-electron chi connectivity index (χ1n) is 25.3. The standard InChI is InChI=1S/C51H95NO10/c1-7-9-11-13-22-28-36-59-48(53)32-24-18-15-16-19-25-34-50(55)61-40-30-38-57-45(3)42-47(44-52(5)6)43-46(4)58-39-31-41-62-51(56)35-27-21-17-20-26-33-49(54)60-37-29-23-14-12-10-8-2/h42,46-47H,7-41,43-44H2,1-6H3/b45-42+. The molecule has 0 aliphatic heterocycles. The lowest BCUT2D eigenvalue weighted by Crippen LogP contribution is -2.25. The highest BCUT2D eigenvalue weighted by Gasteiger charge is 2.14. The van der Waals surface area contributed by atoms with Gasteiger partial charge in [0, 0.05) is 45.1 Å². The Morgan fingerprint density at radius 3 is 1.15 bits per heavy atom. The fourth-order valence-corrected chi connectivity index (χ4v) is 7.29. The molecule has 0 aromatic rings. The van der Waals surface area contributed by atoms with Crippen LogP contribution in [0.25, 0.3) is 0 Å². The summed E-state index contributed by atoms with van der Waals surface area (Å²) in [5.74, 6) is 0.617. The van der Waals surface area contributed by atoms with Crippen LogP contribution in [0.15, 0.2) is 11.8 Å². The predicted molar refractivity (Wildman–Crippen MR) is 251 cm³/mol. The van der Waals surface area contributed by atoms with E-state index in [1.165, 1.54) is 51.4 Å². The molecule has 0 saturated heterocycles. The van der Waals surface area contributed by atoms with Crippen molar-refractivity contribution < 1.29 is 47.6 Å². The van der Waals surface area contributed by atoms with Gasteiger partial charge in [-0.05, 0) is 84.9 Å². The van der Waals surface area contributed by atoms with E-state index in [4.69, 9.17) is 28.4 Å². The van der Waals surface area contributed by atoms with E-state index in [2.05, 4.69) is 45.8 Å². The number of carbonyl (C=O) groups excluding carboxylic acids is 4. The van der Waals surface area contributed by atoms with Crippen molar-refractivity contribution in [1.82, 2.24) is 4.90 Å². The molecule has 0 fully saturated rings. The Balaban J connectivity index is 3.90. The summed E-state index contributed by atoms with van der Waals surface area (Å²) in [7, 11) is 4.11. The molecule has 11 heteroatoms. The van der Waals surface area contributed by atoms with Gasteiger partial charge in [0.15, 0.2) is 0 Å². The van der Waals surface area contributed by atoms with Gasteiger partial charge in [0.1, 0.15) is 0 Å². The summed E-state index contributed by atoms with van der Waals surface area (Å²) in [4.78, 5) is 50.3. The summed E-state index contributed by atoms with van der Waals surface area (Å²) >= 11 is 0. The van der Waals surface area contributed by atoms with Gasteiger partial charge in [-0.2, -0.15) is 0 Å². The molecule has 0 radical (unpaired) electrons. The molecule has 0 aromatic heterocycles. The molecule has 364 valence electrons. The maximum absolute atomic E-state index is 12.2. The van der Waals surface area contributed by atoms with Crippen molar-refractivity contribution in [2.45, 2.75) is 226 Å². The highest BCUT2D eigenvalue weighted by Crippen LogP contribution is 2.17. The van der Waals surface area contributed by atoms with Crippen molar-refractivity contribution in [3.63, 3.8) is 0 Å². The number of rotatable bonds is 46. The van der Waals surface area contributed by atoms with Crippen LogP contribution in [0.5, 0.6) is 0 Å². The van der Waals surface area contributed by atoms with E-state index in [1.54, 1.807) is 0 Å². The van der Waals surface area contributed by atoms with E-state index >= 15 is 0 Å². The summed E-state index contributed by atoms with van der Waals surface area (Å²) in [6, 6.07) is 0. The van der Waals surface area contributed by atoms with E-state index in [-0.39, 0.29) is 35.9 Å². The van der Waals surface area contributed by atoms with E-state index < -0.39 is 0 Å². The summed E-state index contributed by atoms with van der Waals surface area (Å²) < 4.78 is 33.5. The molecule has 0 aliphatic rings. The third-order valence-corrected chi connectivity index (χ3v) is 10.8. The van der Waals surface area contributed by atoms with Crippen LogP contribution < -0.4 is 0 Å². The first kappa shape index (κ1) is 59.3. The van der Waals surface area contributed by atoms with Crippen LogP contribution in [-0.2, 0) is 47.6 Å². The van der Waals surface area contributed by atoms with Crippen molar-refractivity contribution >= 4 is 23.9 Å². The lowest BCUT2D eigenvalue weighted by Gasteiger charge is -2.22. The molecular weight excluding hydrogens is 787 g/mol. The molecule has 0 rings (SSSR count). The molecule has 0 aliphatic carbocycles. The lowest BCUT2D eigenvalue weighted by atomic mass is 10.0. The average molecular weight is 882 g/mol. The fourth-order valence-electron chi connectivity index (χ4n) is 7.29. The summed E-state index contributed by atoms with van der Waals surface area (Å²) in [5.41, 5.74) is 0. The van der Waals surface area contributed by atoms with Gasteiger partial charge in [-0.15, -0.1) is 0 Å². The van der Waals surface area contributed by atoms with Crippen molar-refractivity contribution in [3.05, 3.63) is 11.8 Å². The van der Waals surface area contributed by atoms with Crippen molar-refractivity contribution in [1.29, 1.82) is 0 Å². The second-order valence-corrected chi connectivity index (χ2v) is 17.6. The Morgan fingerprint density at radius 1 is 0.435 bits per heavy atom. The van der Waals surface area contributed by atoms with Gasteiger partial charge in [0.2, 0.25) is 0 Å². The number of carbonyl (C=O) groups is 4. The van der Waals surface area contributed by atoms with Crippen LogP contribution in [-0.4, -0.2) is 95.2 Å². The fraction of sp³-hybridized carbons (Fsp3) is 0.882. The van der Waals surface area contributed by atoms with Crippen molar-refractivity contribution in [2.75, 3.05) is 60.3 Å². The molecule has 2 unspecified atom stereocenters. The van der Waals surface area contributed by atoms with Gasteiger partial charge in [0.25, 0.3) is 0 Å². The number of hydrogen-bond acceptors (Lipinski definition) is 11. The Hall–Kier alpha value is -2.66. The second kappa shape index (κ2) is 44.9. The molecule has 0 spiro atoms. The highest BCUT2D eigenvalue weighted by atomic mass is 16.5. The monoisotopic (exact) mass is 882 g/mol. The van der Waals surface area contributed by atoms with Crippen molar-refractivity contribution in [3.8, 4) is 0 Å². The van der Waals surface area contributed by atoms with Gasteiger partial charge in [0.05, 0.1) is 51.5 Å². The minimum absolute atomic E-state index is 0.0384. The SMILES string of the molecule is CCCCCCCCOC(=O)CCCCCCCCC(=O)OCCCO/C(C)=C/C(CC(C)OCCCOC(=O)CCCCCCCC(=O)OCCCCCCCC)CN(C)C. The summed E-state index contributed by atoms with van der Waals surface area (Å²) in [5, 5.41) is 0. The van der Waals surface area contributed by atoms with E-state index in [0.29, 0.717) is 78.2 Å². The van der Waals surface area contributed by atoms with E-state index in [0.717, 1.165) is 115 Å². The smallest absolute Gasteiger partial charge is 0.305 e. The average Bonchev–Trinajstić information content (AvgIpc) is 3.23. The third kappa shape index (κ3) is 44.0. The van der Waals surface area contributed by atoms with Crippen molar-refractivity contribution in [2.24, 2.45) is 5.92 Å². The number of allylic oxidation sites excluding steroid dienone is 1. The number of esters is 4. The number of ether oxygens (including phenoxy) is 6. The minimum Gasteiger partial charge on any atom is -0.498 e. The Morgan fingerprint density at radius 2 is 0.758 bits per heavy atom. The molecule has 11 nitrogen and oxygen atoms in total. The maximum Gasteiger partial charge on any atom is 0.305 e. The Labute approximate surface area is 379 Å². The molecular formula is C51H95NO10. The Kier molecular flexibility index (Phi) is 43.0. The number of unbranched alkanes of at least 4 members (excludes halogenated alkanes) is 19. The molecule has 0 bridgehead atoms. The van der Waals surface area contributed by atoms with Crippen LogP contribution >= 0.6 is 0 Å². The Bertz CT molecular complexity index is 1100. The minimum atomic E-state index is -0.161. The van der Waals surface area contributed by atoms with Crippen LogP contribution in [0.4, 0.5) is 0 Å². The van der Waals surface area contributed by atoms with Crippen LogP contribution in [0.2, 0.25) is 0 Å². The van der Waals surface area contributed by atoms with Gasteiger partial charge in [-0.1, -0.05) is 123 Å². The van der Waals surface area contributed by atoms with Crippen LogP contribution in [0, 0.1) is 5.92 Å². The van der Waals surface area contributed by atoms with Gasteiger partial charge < -0.3 is 33.3 Å². The van der Waals surface area contributed by atoms with Crippen LogP contribution in [0.3, 0.4) is 0 Å². The molecule has 0 saturated carbocycles. The molecule has 0 heterocycles.